The number of ketones is 1. The number of rotatable bonds is 4. The molecule has 4 rings (SSSR count). The van der Waals surface area contributed by atoms with E-state index < -0.39 is 5.41 Å². The van der Waals surface area contributed by atoms with Crippen LogP contribution in [0.5, 0.6) is 0 Å². The standard InChI is InChI=1S/C18H20Br3NO2/c1-10(23)11-4-6-12(7-5-11)22-15(24)18-9-8-17(13(18)19,14(20)21)16(18,2)3/h4-7,13-14H,8-9H2,1-3H3,(H,22,24). The normalized spacial score (nSPS) is 33.2. The van der Waals surface area contributed by atoms with Gasteiger partial charge < -0.3 is 5.32 Å². The van der Waals surface area contributed by atoms with Crippen molar-refractivity contribution in [2.24, 2.45) is 16.2 Å². The number of benzene rings is 1. The Labute approximate surface area is 167 Å². The SMILES string of the molecule is CC(=O)c1ccc(NC(=O)C23CCC(C(Br)Br)(C2Br)C3(C)C)cc1. The molecule has 1 amide bonds. The molecule has 3 fully saturated rings. The largest absolute Gasteiger partial charge is 0.326 e. The highest BCUT2D eigenvalue weighted by atomic mass is 79.9. The summed E-state index contributed by atoms with van der Waals surface area (Å²) >= 11 is 11.2. The molecule has 1 N–H and O–H groups in total. The quantitative estimate of drug-likeness (QED) is 0.419. The number of fused-ring (bicyclic) bond motifs is 1. The van der Waals surface area contributed by atoms with Gasteiger partial charge in [0.1, 0.15) is 0 Å². The molecule has 0 heterocycles. The van der Waals surface area contributed by atoms with Crippen LogP contribution in [-0.4, -0.2) is 20.3 Å². The van der Waals surface area contributed by atoms with Crippen LogP contribution in [0.3, 0.4) is 0 Å². The molecule has 3 atom stereocenters. The van der Waals surface area contributed by atoms with Crippen LogP contribution in [0.25, 0.3) is 0 Å². The molecule has 0 spiro atoms. The van der Waals surface area contributed by atoms with Gasteiger partial charge in [-0.15, -0.1) is 0 Å². The summed E-state index contributed by atoms with van der Waals surface area (Å²) in [5, 5.41) is 3.06. The molecule has 3 aliphatic carbocycles. The van der Waals surface area contributed by atoms with Gasteiger partial charge in [-0.3, -0.25) is 9.59 Å². The molecule has 1 aromatic rings. The number of Topliss-reactive ketones (excluding diaryl/α,β-unsaturated/α-hetero) is 1. The predicted molar refractivity (Wildman–Crippen MR) is 107 cm³/mol. The van der Waals surface area contributed by atoms with Crippen LogP contribution in [0.4, 0.5) is 5.69 Å². The summed E-state index contributed by atoms with van der Waals surface area (Å²) < 4.78 is 0.162. The summed E-state index contributed by atoms with van der Waals surface area (Å²) in [5.74, 6) is 0.0760. The first-order chi connectivity index (χ1) is 11.1. The minimum Gasteiger partial charge on any atom is -0.326 e. The summed E-state index contributed by atoms with van der Waals surface area (Å²) in [4.78, 5) is 24.6. The number of carbonyl (C=O) groups is 2. The van der Waals surface area contributed by atoms with Gasteiger partial charge in [-0.25, -0.2) is 0 Å². The van der Waals surface area contributed by atoms with Crippen molar-refractivity contribution in [2.45, 2.75) is 42.2 Å². The molecule has 0 aliphatic heterocycles. The van der Waals surface area contributed by atoms with Gasteiger partial charge in [-0.1, -0.05) is 61.6 Å². The lowest BCUT2D eigenvalue weighted by Gasteiger charge is -2.66. The third-order valence-corrected chi connectivity index (χ3v) is 9.67. The smallest absolute Gasteiger partial charge is 0.232 e. The maximum Gasteiger partial charge on any atom is 0.232 e. The molecule has 6 heteroatoms. The first-order valence-electron chi connectivity index (χ1n) is 7.96. The number of amides is 1. The molecule has 3 nitrogen and oxygen atoms in total. The van der Waals surface area contributed by atoms with Crippen LogP contribution in [-0.2, 0) is 4.79 Å². The molecule has 1 aromatic carbocycles. The molecule has 130 valence electrons. The molecular weight excluding hydrogens is 502 g/mol. The molecule has 3 aliphatic rings. The predicted octanol–water partition coefficient (Wildman–Crippen LogP) is 5.51. The second-order valence-electron chi connectivity index (χ2n) is 7.39. The second-order valence-corrected chi connectivity index (χ2v) is 11.4. The molecule has 3 unspecified atom stereocenters. The van der Waals surface area contributed by atoms with Gasteiger partial charge in [0, 0.05) is 21.5 Å². The number of hydrogen-bond acceptors (Lipinski definition) is 2. The monoisotopic (exact) mass is 519 g/mol. The molecule has 3 saturated carbocycles. The van der Waals surface area contributed by atoms with Crippen LogP contribution < -0.4 is 5.32 Å². The minimum atomic E-state index is -0.425. The average molecular weight is 522 g/mol. The fourth-order valence-electron chi connectivity index (χ4n) is 4.73. The maximum atomic E-state index is 13.1. The highest BCUT2D eigenvalue weighted by molar-refractivity contribution is 9.24. The lowest BCUT2D eigenvalue weighted by molar-refractivity contribution is -0.155. The number of halogens is 3. The van der Waals surface area contributed by atoms with Gasteiger partial charge in [-0.2, -0.15) is 0 Å². The number of nitrogens with one attached hydrogen (secondary N) is 1. The third kappa shape index (κ3) is 2.11. The van der Waals surface area contributed by atoms with Crippen molar-refractivity contribution < 1.29 is 9.59 Å². The van der Waals surface area contributed by atoms with E-state index in [9.17, 15) is 9.59 Å². The fourth-order valence-corrected chi connectivity index (χ4v) is 9.64. The van der Waals surface area contributed by atoms with Crippen molar-refractivity contribution in [1.29, 1.82) is 0 Å². The molecule has 0 saturated heterocycles. The van der Waals surface area contributed by atoms with Crippen molar-refractivity contribution >= 4 is 65.2 Å². The topological polar surface area (TPSA) is 46.2 Å². The van der Waals surface area contributed by atoms with Crippen molar-refractivity contribution in [2.75, 3.05) is 5.32 Å². The molecule has 24 heavy (non-hydrogen) atoms. The van der Waals surface area contributed by atoms with E-state index in [1.807, 2.05) is 0 Å². The van der Waals surface area contributed by atoms with E-state index in [4.69, 9.17) is 0 Å². The van der Waals surface area contributed by atoms with Gasteiger partial charge in [0.2, 0.25) is 5.91 Å². The Kier molecular flexibility index (Phi) is 4.58. The zero-order valence-corrected chi connectivity index (χ0v) is 18.6. The van der Waals surface area contributed by atoms with E-state index in [1.54, 1.807) is 24.3 Å². The first-order valence-corrected chi connectivity index (χ1v) is 10.7. The summed E-state index contributed by atoms with van der Waals surface area (Å²) in [6.07, 6.45) is 1.86. The van der Waals surface area contributed by atoms with Crippen LogP contribution in [0.15, 0.2) is 24.3 Å². The number of hydrogen-bond donors (Lipinski definition) is 1. The van der Waals surface area contributed by atoms with Crippen LogP contribution >= 0.6 is 47.8 Å². The van der Waals surface area contributed by atoms with Gasteiger partial charge in [0.15, 0.2) is 5.78 Å². The van der Waals surface area contributed by atoms with Crippen LogP contribution in [0.1, 0.15) is 44.0 Å². The van der Waals surface area contributed by atoms with Crippen molar-refractivity contribution in [3.05, 3.63) is 29.8 Å². The summed E-state index contributed by atoms with van der Waals surface area (Å²) in [6.45, 7) is 5.91. The summed E-state index contributed by atoms with van der Waals surface area (Å²) in [5.41, 5.74) is 0.840. The van der Waals surface area contributed by atoms with E-state index in [2.05, 4.69) is 67.0 Å². The fraction of sp³-hybridized carbons (Fsp3) is 0.556. The van der Waals surface area contributed by atoms with E-state index in [0.717, 1.165) is 18.5 Å². The van der Waals surface area contributed by atoms with E-state index in [1.165, 1.54) is 6.92 Å². The Bertz CT molecular complexity index is 701. The Hall–Kier alpha value is -0.200. The molecule has 0 aromatic heterocycles. The molecular formula is C18H20Br3NO2. The molecule has 0 radical (unpaired) electrons. The summed E-state index contributed by atoms with van der Waals surface area (Å²) in [7, 11) is 0. The van der Waals surface area contributed by atoms with Gasteiger partial charge >= 0.3 is 0 Å². The lowest BCUT2D eigenvalue weighted by atomic mass is 9.43. The second kappa shape index (κ2) is 5.92. The number of alkyl halides is 3. The van der Waals surface area contributed by atoms with E-state index in [-0.39, 0.29) is 31.1 Å². The average Bonchev–Trinajstić information content (AvgIpc) is 2.97. The third-order valence-electron chi connectivity index (χ3n) is 6.44. The zero-order chi connectivity index (χ0) is 17.9. The number of anilines is 1. The van der Waals surface area contributed by atoms with Gasteiger partial charge in [0.25, 0.3) is 0 Å². The Balaban J connectivity index is 1.85. The van der Waals surface area contributed by atoms with E-state index in [0.29, 0.717) is 5.56 Å². The summed E-state index contributed by atoms with van der Waals surface area (Å²) in [6, 6.07) is 7.08. The Morgan fingerprint density at radius 2 is 1.75 bits per heavy atom. The van der Waals surface area contributed by atoms with Crippen LogP contribution in [0.2, 0.25) is 0 Å². The lowest BCUT2D eigenvalue weighted by Crippen LogP contribution is -2.71. The van der Waals surface area contributed by atoms with Gasteiger partial charge in [0.05, 0.1) is 9.15 Å². The Morgan fingerprint density at radius 1 is 1.17 bits per heavy atom. The van der Waals surface area contributed by atoms with Crippen molar-refractivity contribution in [1.82, 2.24) is 0 Å². The zero-order valence-electron chi connectivity index (χ0n) is 13.8. The molecule has 2 bridgehead atoms. The van der Waals surface area contributed by atoms with Crippen LogP contribution in [0, 0.1) is 16.2 Å². The highest BCUT2D eigenvalue weighted by Crippen LogP contribution is 2.82. The maximum absolute atomic E-state index is 13.1. The van der Waals surface area contributed by atoms with Crippen molar-refractivity contribution in [3.8, 4) is 0 Å². The first kappa shape index (κ1) is 18.6. The minimum absolute atomic E-state index is 0.0167. The number of carbonyl (C=O) groups excluding carboxylic acids is 2. The van der Waals surface area contributed by atoms with Crippen molar-refractivity contribution in [3.63, 3.8) is 0 Å². The van der Waals surface area contributed by atoms with E-state index >= 15 is 0 Å². The highest BCUT2D eigenvalue weighted by Gasteiger charge is 2.83. The van der Waals surface area contributed by atoms with Gasteiger partial charge in [-0.05, 0) is 49.4 Å². The Morgan fingerprint density at radius 3 is 2.17 bits per heavy atom.